The van der Waals surface area contributed by atoms with Crippen LogP contribution in [-0.4, -0.2) is 23.5 Å². The Morgan fingerprint density at radius 1 is 1.50 bits per heavy atom. The van der Waals surface area contributed by atoms with Crippen molar-refractivity contribution in [2.24, 2.45) is 5.41 Å². The average molecular weight is 225 g/mol. The highest BCUT2D eigenvalue weighted by Crippen LogP contribution is 2.14. The lowest BCUT2D eigenvalue weighted by atomic mass is 9.94. The fraction of sp³-hybridized carbons (Fsp3) is 0.455. The SMILES string of the molecule is Cc1occc1C(=O)NCC(C)(C)C(=O)O. The van der Waals surface area contributed by atoms with Crippen LogP contribution in [0.15, 0.2) is 16.7 Å². The Kier molecular flexibility index (Phi) is 3.37. The van der Waals surface area contributed by atoms with E-state index in [0.29, 0.717) is 11.3 Å². The lowest BCUT2D eigenvalue weighted by molar-refractivity contribution is -0.146. The maximum Gasteiger partial charge on any atom is 0.310 e. The van der Waals surface area contributed by atoms with Gasteiger partial charge in [-0.25, -0.2) is 0 Å². The van der Waals surface area contributed by atoms with Gasteiger partial charge in [-0.3, -0.25) is 9.59 Å². The number of amides is 1. The Bertz CT molecular complexity index is 406. The monoisotopic (exact) mass is 225 g/mol. The zero-order valence-corrected chi connectivity index (χ0v) is 9.53. The molecule has 0 bridgehead atoms. The van der Waals surface area contributed by atoms with Gasteiger partial charge in [0.15, 0.2) is 0 Å². The predicted octanol–water partition coefficient (Wildman–Crippen LogP) is 1.43. The molecule has 5 nitrogen and oxygen atoms in total. The van der Waals surface area contributed by atoms with Crippen LogP contribution in [0, 0.1) is 12.3 Å². The van der Waals surface area contributed by atoms with Crippen LogP contribution in [0.3, 0.4) is 0 Å². The molecule has 5 heteroatoms. The summed E-state index contributed by atoms with van der Waals surface area (Å²) in [5, 5.41) is 11.4. The maximum absolute atomic E-state index is 11.6. The second kappa shape index (κ2) is 4.38. The van der Waals surface area contributed by atoms with E-state index in [4.69, 9.17) is 9.52 Å². The van der Waals surface area contributed by atoms with Crippen molar-refractivity contribution in [3.05, 3.63) is 23.7 Å². The maximum atomic E-state index is 11.6. The number of aliphatic carboxylic acids is 1. The van der Waals surface area contributed by atoms with Crippen molar-refractivity contribution in [3.63, 3.8) is 0 Å². The summed E-state index contributed by atoms with van der Waals surface area (Å²) in [4.78, 5) is 22.4. The molecule has 0 atom stereocenters. The van der Waals surface area contributed by atoms with Crippen molar-refractivity contribution in [2.75, 3.05) is 6.54 Å². The highest BCUT2D eigenvalue weighted by molar-refractivity contribution is 5.95. The van der Waals surface area contributed by atoms with Crippen LogP contribution < -0.4 is 5.32 Å². The van der Waals surface area contributed by atoms with E-state index >= 15 is 0 Å². The Balaban J connectivity index is 2.61. The molecule has 0 unspecified atom stereocenters. The van der Waals surface area contributed by atoms with Gasteiger partial charge in [0.2, 0.25) is 0 Å². The van der Waals surface area contributed by atoms with Crippen LogP contribution in [0.5, 0.6) is 0 Å². The minimum atomic E-state index is -0.979. The highest BCUT2D eigenvalue weighted by Gasteiger charge is 2.28. The smallest absolute Gasteiger partial charge is 0.310 e. The van der Waals surface area contributed by atoms with Crippen molar-refractivity contribution in [1.82, 2.24) is 5.32 Å². The first kappa shape index (κ1) is 12.3. The van der Waals surface area contributed by atoms with Crippen molar-refractivity contribution in [3.8, 4) is 0 Å². The van der Waals surface area contributed by atoms with Crippen molar-refractivity contribution >= 4 is 11.9 Å². The zero-order chi connectivity index (χ0) is 12.3. The standard InChI is InChI=1S/C11H15NO4/c1-7-8(4-5-16-7)9(13)12-6-11(2,3)10(14)15/h4-5H,6H2,1-3H3,(H,12,13)(H,14,15). The molecule has 1 aromatic heterocycles. The normalized spacial score (nSPS) is 11.2. The molecule has 1 aromatic rings. The van der Waals surface area contributed by atoms with Crippen LogP contribution >= 0.6 is 0 Å². The number of carboxylic acids is 1. The average Bonchev–Trinajstić information content (AvgIpc) is 2.61. The number of rotatable bonds is 4. The third kappa shape index (κ3) is 2.62. The van der Waals surface area contributed by atoms with Gasteiger partial charge in [-0.15, -0.1) is 0 Å². The molecule has 1 heterocycles. The molecule has 88 valence electrons. The summed E-state index contributed by atoms with van der Waals surface area (Å²) < 4.78 is 4.99. The molecule has 0 radical (unpaired) electrons. The van der Waals surface area contributed by atoms with E-state index in [1.54, 1.807) is 26.8 Å². The van der Waals surface area contributed by atoms with E-state index in [2.05, 4.69) is 5.32 Å². The number of furan rings is 1. The number of nitrogens with one attached hydrogen (secondary N) is 1. The van der Waals surface area contributed by atoms with Crippen LogP contribution in [0.2, 0.25) is 0 Å². The van der Waals surface area contributed by atoms with Gasteiger partial charge in [-0.1, -0.05) is 0 Å². The van der Waals surface area contributed by atoms with Gasteiger partial charge < -0.3 is 14.8 Å². The largest absolute Gasteiger partial charge is 0.481 e. The summed E-state index contributed by atoms with van der Waals surface area (Å²) >= 11 is 0. The molecule has 0 aliphatic carbocycles. The molecule has 0 spiro atoms. The fourth-order valence-electron chi connectivity index (χ4n) is 1.09. The van der Waals surface area contributed by atoms with E-state index in [1.165, 1.54) is 6.26 Å². The van der Waals surface area contributed by atoms with E-state index < -0.39 is 11.4 Å². The van der Waals surface area contributed by atoms with Crippen LogP contribution in [0.1, 0.15) is 30.0 Å². The third-order valence-corrected chi connectivity index (χ3v) is 2.37. The van der Waals surface area contributed by atoms with E-state index in [0.717, 1.165) is 0 Å². The van der Waals surface area contributed by atoms with E-state index in [1.807, 2.05) is 0 Å². The first-order valence-corrected chi connectivity index (χ1v) is 4.90. The third-order valence-electron chi connectivity index (χ3n) is 2.37. The summed E-state index contributed by atoms with van der Waals surface area (Å²) in [5.41, 5.74) is -0.547. The lowest BCUT2D eigenvalue weighted by Crippen LogP contribution is -2.38. The molecule has 0 fully saturated rings. The quantitative estimate of drug-likeness (QED) is 0.812. The first-order chi connectivity index (χ1) is 7.34. The summed E-state index contributed by atoms with van der Waals surface area (Å²) in [5.74, 6) is -0.747. The molecule has 0 saturated heterocycles. The van der Waals surface area contributed by atoms with E-state index in [-0.39, 0.29) is 12.5 Å². The molecular formula is C11H15NO4. The van der Waals surface area contributed by atoms with Crippen LogP contribution in [0.4, 0.5) is 0 Å². The zero-order valence-electron chi connectivity index (χ0n) is 9.53. The first-order valence-electron chi connectivity index (χ1n) is 4.90. The number of hydrogen-bond donors (Lipinski definition) is 2. The van der Waals surface area contributed by atoms with Crippen molar-refractivity contribution < 1.29 is 19.1 Å². The van der Waals surface area contributed by atoms with Crippen LogP contribution in [0.25, 0.3) is 0 Å². The molecular weight excluding hydrogens is 210 g/mol. The Morgan fingerprint density at radius 2 is 2.12 bits per heavy atom. The molecule has 0 aliphatic heterocycles. The molecule has 0 aromatic carbocycles. The van der Waals surface area contributed by atoms with Gasteiger partial charge in [0.25, 0.3) is 5.91 Å². The summed E-state index contributed by atoms with van der Waals surface area (Å²) in [6, 6.07) is 1.55. The molecule has 0 saturated carbocycles. The minimum absolute atomic E-state index is 0.0752. The molecule has 1 amide bonds. The Hall–Kier alpha value is -1.78. The highest BCUT2D eigenvalue weighted by atomic mass is 16.4. The van der Waals surface area contributed by atoms with Gasteiger partial charge in [-0.05, 0) is 26.8 Å². The number of carbonyl (C=O) groups is 2. The minimum Gasteiger partial charge on any atom is -0.481 e. The van der Waals surface area contributed by atoms with Gasteiger partial charge in [0.1, 0.15) is 5.76 Å². The van der Waals surface area contributed by atoms with Gasteiger partial charge >= 0.3 is 5.97 Å². The Labute approximate surface area is 93.4 Å². The predicted molar refractivity (Wildman–Crippen MR) is 57.2 cm³/mol. The van der Waals surface area contributed by atoms with Crippen molar-refractivity contribution in [1.29, 1.82) is 0 Å². The number of hydrogen-bond acceptors (Lipinski definition) is 3. The van der Waals surface area contributed by atoms with Gasteiger partial charge in [-0.2, -0.15) is 0 Å². The van der Waals surface area contributed by atoms with Gasteiger partial charge in [0.05, 0.1) is 17.2 Å². The second-order valence-electron chi connectivity index (χ2n) is 4.26. The summed E-state index contributed by atoms with van der Waals surface area (Å²) in [6.07, 6.45) is 1.42. The van der Waals surface area contributed by atoms with Crippen molar-refractivity contribution in [2.45, 2.75) is 20.8 Å². The summed E-state index contributed by atoms with van der Waals surface area (Å²) in [6.45, 7) is 4.86. The lowest BCUT2D eigenvalue weighted by Gasteiger charge is -2.19. The number of aryl methyl sites for hydroxylation is 1. The number of carboxylic acid groups (broad SMARTS) is 1. The second-order valence-corrected chi connectivity index (χ2v) is 4.26. The fourth-order valence-corrected chi connectivity index (χ4v) is 1.09. The Morgan fingerprint density at radius 3 is 2.56 bits per heavy atom. The molecule has 2 N–H and O–H groups in total. The van der Waals surface area contributed by atoms with E-state index in [9.17, 15) is 9.59 Å². The topological polar surface area (TPSA) is 79.5 Å². The van der Waals surface area contributed by atoms with Crippen LogP contribution in [-0.2, 0) is 4.79 Å². The molecule has 0 aliphatic rings. The summed E-state index contributed by atoms with van der Waals surface area (Å²) in [7, 11) is 0. The number of carbonyl (C=O) groups excluding carboxylic acids is 1. The van der Waals surface area contributed by atoms with Gasteiger partial charge in [0, 0.05) is 6.54 Å². The molecule has 1 rings (SSSR count). The molecule has 16 heavy (non-hydrogen) atoms.